The Morgan fingerprint density at radius 3 is 2.17 bits per heavy atom. The maximum Gasteiger partial charge on any atom is 0.186 e. The van der Waals surface area contributed by atoms with E-state index in [1.165, 1.54) is 0 Å². The molecule has 0 aromatic rings. The van der Waals surface area contributed by atoms with E-state index >= 15 is 0 Å². The lowest BCUT2D eigenvalue weighted by atomic mass is 9.74. The highest BCUT2D eigenvalue weighted by Gasteiger charge is 2.48. The Balaban J connectivity index is 1.36. The molecule has 0 aromatic carbocycles. The van der Waals surface area contributed by atoms with Crippen LogP contribution in [0.15, 0.2) is 0 Å². The van der Waals surface area contributed by atoms with Gasteiger partial charge in [-0.15, -0.1) is 0 Å². The number of aliphatic hydroxyl groups is 6. The van der Waals surface area contributed by atoms with E-state index in [0.29, 0.717) is 18.8 Å². The van der Waals surface area contributed by atoms with Gasteiger partial charge in [0.25, 0.3) is 0 Å². The van der Waals surface area contributed by atoms with Crippen LogP contribution in [0.3, 0.4) is 0 Å². The van der Waals surface area contributed by atoms with Crippen molar-refractivity contribution >= 4 is 0 Å². The van der Waals surface area contributed by atoms with Crippen LogP contribution < -0.4 is 0 Å². The summed E-state index contributed by atoms with van der Waals surface area (Å²) in [5.41, 5.74) is 0. The van der Waals surface area contributed by atoms with Gasteiger partial charge in [-0.25, -0.2) is 0 Å². The van der Waals surface area contributed by atoms with Gasteiger partial charge in [-0.2, -0.15) is 0 Å². The van der Waals surface area contributed by atoms with E-state index in [1.54, 1.807) is 0 Å². The molecule has 6 N–H and O–H groups in total. The van der Waals surface area contributed by atoms with Crippen molar-refractivity contribution in [3.8, 4) is 0 Å². The van der Waals surface area contributed by atoms with Gasteiger partial charge in [0, 0.05) is 18.8 Å². The molecule has 0 aromatic heterocycles. The third-order valence-corrected chi connectivity index (χ3v) is 7.55. The zero-order valence-electron chi connectivity index (χ0n) is 17.2. The van der Waals surface area contributed by atoms with E-state index in [4.69, 9.17) is 14.2 Å². The molecule has 0 amide bonds. The predicted octanol–water partition coefficient (Wildman–Crippen LogP) is -0.959. The summed E-state index contributed by atoms with van der Waals surface area (Å²) < 4.78 is 17.7. The summed E-state index contributed by atoms with van der Waals surface area (Å²) in [6, 6.07) is 0. The second kappa shape index (κ2) is 9.64. The number of aliphatic hydroxyl groups excluding tert-OH is 6. The Bertz CT molecular complexity index is 553. The van der Waals surface area contributed by atoms with Crippen LogP contribution in [0.25, 0.3) is 0 Å². The molecule has 10 atom stereocenters. The SMILES string of the molecule is OC[C@H]1O[C@@H](OC2CC(O)C3CCC(C4CCC(O)CC4)OC3C2)[C@@H](O)[C@H](O)[C@@H]1O. The molecule has 174 valence electrons. The molecule has 0 spiro atoms. The molecule has 4 aliphatic rings. The fraction of sp³-hybridized carbons (Fsp3) is 1.00. The van der Waals surface area contributed by atoms with Gasteiger partial charge in [-0.1, -0.05) is 0 Å². The molecule has 4 rings (SSSR count). The summed E-state index contributed by atoms with van der Waals surface area (Å²) >= 11 is 0. The second-order valence-electron chi connectivity index (χ2n) is 9.52. The predicted molar refractivity (Wildman–Crippen MR) is 103 cm³/mol. The van der Waals surface area contributed by atoms with E-state index in [2.05, 4.69) is 0 Å². The van der Waals surface area contributed by atoms with Crippen LogP contribution in [0.5, 0.6) is 0 Å². The number of rotatable bonds is 4. The van der Waals surface area contributed by atoms with E-state index < -0.39 is 49.5 Å². The Labute approximate surface area is 176 Å². The Morgan fingerprint density at radius 2 is 1.47 bits per heavy atom. The van der Waals surface area contributed by atoms with Gasteiger partial charge in [0.15, 0.2) is 6.29 Å². The lowest BCUT2D eigenvalue weighted by Gasteiger charge is -2.48. The summed E-state index contributed by atoms with van der Waals surface area (Å²) in [5.74, 6) is 0.475. The van der Waals surface area contributed by atoms with E-state index in [0.717, 1.165) is 38.5 Å². The molecule has 2 saturated carbocycles. The quantitative estimate of drug-likeness (QED) is 0.330. The number of fused-ring (bicyclic) bond motifs is 1. The van der Waals surface area contributed by atoms with Gasteiger partial charge in [0.2, 0.25) is 0 Å². The summed E-state index contributed by atoms with van der Waals surface area (Å²) in [7, 11) is 0. The first kappa shape index (κ1) is 22.8. The standard InChI is InChI=1S/C21H36O9/c22-9-17-18(25)19(26)20(27)21(30-17)28-12-7-14(24)13-5-6-15(29-16(13)8-12)10-1-3-11(23)4-2-10/h10-27H,1-9H2/t10?,11?,12?,13?,14?,15?,16?,17-,18-,19-,20+,21-/m1/s1. The number of hydrogen-bond acceptors (Lipinski definition) is 9. The van der Waals surface area contributed by atoms with Crippen molar-refractivity contribution in [2.45, 2.75) is 113 Å². The van der Waals surface area contributed by atoms with Crippen molar-refractivity contribution in [3.05, 3.63) is 0 Å². The first-order valence-electron chi connectivity index (χ1n) is 11.3. The summed E-state index contributed by atoms with van der Waals surface area (Å²) in [6.45, 7) is -0.510. The highest BCUT2D eigenvalue weighted by molar-refractivity contribution is 4.95. The third-order valence-electron chi connectivity index (χ3n) is 7.55. The second-order valence-corrected chi connectivity index (χ2v) is 9.52. The lowest BCUT2D eigenvalue weighted by Crippen LogP contribution is -2.60. The lowest BCUT2D eigenvalue weighted by molar-refractivity contribution is -0.319. The fourth-order valence-electron chi connectivity index (χ4n) is 5.71. The van der Waals surface area contributed by atoms with Gasteiger partial charge in [0.1, 0.15) is 24.4 Å². The first-order valence-corrected chi connectivity index (χ1v) is 11.3. The number of ether oxygens (including phenoxy) is 3. The monoisotopic (exact) mass is 432 g/mol. The zero-order valence-corrected chi connectivity index (χ0v) is 17.2. The topological polar surface area (TPSA) is 149 Å². The number of hydrogen-bond donors (Lipinski definition) is 6. The van der Waals surface area contributed by atoms with Gasteiger partial charge in [0.05, 0.1) is 37.1 Å². The normalized spacial score (nSPS) is 52.6. The fourth-order valence-corrected chi connectivity index (χ4v) is 5.71. The molecule has 2 aliphatic carbocycles. The van der Waals surface area contributed by atoms with Crippen molar-refractivity contribution in [1.82, 2.24) is 0 Å². The maximum atomic E-state index is 10.7. The van der Waals surface area contributed by atoms with E-state index in [-0.39, 0.29) is 24.2 Å². The summed E-state index contributed by atoms with van der Waals surface area (Å²) in [4.78, 5) is 0. The highest BCUT2D eigenvalue weighted by atomic mass is 16.7. The highest BCUT2D eigenvalue weighted by Crippen LogP contribution is 2.42. The molecule has 9 heteroatoms. The molecule has 2 aliphatic heterocycles. The minimum Gasteiger partial charge on any atom is -0.394 e. The van der Waals surface area contributed by atoms with Crippen molar-refractivity contribution in [3.63, 3.8) is 0 Å². The molecular formula is C21H36O9. The molecule has 2 heterocycles. The Kier molecular flexibility index (Phi) is 7.33. The molecule has 30 heavy (non-hydrogen) atoms. The summed E-state index contributed by atoms with van der Waals surface area (Å²) in [5, 5.41) is 59.9. The van der Waals surface area contributed by atoms with Crippen molar-refractivity contribution in [2.75, 3.05) is 6.61 Å². The van der Waals surface area contributed by atoms with Gasteiger partial charge < -0.3 is 44.8 Å². The molecule has 4 fully saturated rings. The van der Waals surface area contributed by atoms with Crippen LogP contribution in [0.2, 0.25) is 0 Å². The third kappa shape index (κ3) is 4.69. The Hall–Kier alpha value is -0.360. The van der Waals surface area contributed by atoms with Crippen LogP contribution in [-0.4, -0.2) is 98.5 Å². The van der Waals surface area contributed by atoms with E-state index in [9.17, 15) is 30.6 Å². The van der Waals surface area contributed by atoms with Crippen LogP contribution in [0.1, 0.15) is 51.4 Å². The van der Waals surface area contributed by atoms with Crippen molar-refractivity contribution < 1.29 is 44.8 Å². The van der Waals surface area contributed by atoms with Gasteiger partial charge >= 0.3 is 0 Å². The maximum absolute atomic E-state index is 10.7. The minimum absolute atomic E-state index is 0.0464. The van der Waals surface area contributed by atoms with Crippen LogP contribution in [0.4, 0.5) is 0 Å². The average Bonchev–Trinajstić information content (AvgIpc) is 2.74. The smallest absolute Gasteiger partial charge is 0.186 e. The average molecular weight is 433 g/mol. The molecule has 0 bridgehead atoms. The largest absolute Gasteiger partial charge is 0.394 e. The van der Waals surface area contributed by atoms with Crippen LogP contribution in [0, 0.1) is 11.8 Å². The van der Waals surface area contributed by atoms with Crippen molar-refractivity contribution in [1.29, 1.82) is 0 Å². The summed E-state index contributed by atoms with van der Waals surface area (Å²) in [6.07, 6.45) is -1.60. The van der Waals surface area contributed by atoms with Crippen molar-refractivity contribution in [2.24, 2.45) is 11.8 Å². The molecule has 5 unspecified atom stereocenters. The van der Waals surface area contributed by atoms with E-state index in [1.807, 2.05) is 0 Å². The molecule has 0 radical (unpaired) electrons. The van der Waals surface area contributed by atoms with Crippen LogP contribution in [-0.2, 0) is 14.2 Å². The molecule has 2 saturated heterocycles. The van der Waals surface area contributed by atoms with Gasteiger partial charge in [-0.05, 0) is 44.4 Å². The Morgan fingerprint density at radius 1 is 0.733 bits per heavy atom. The van der Waals surface area contributed by atoms with Crippen LogP contribution >= 0.6 is 0 Å². The molecule has 9 nitrogen and oxygen atoms in total. The first-order chi connectivity index (χ1) is 14.4. The van der Waals surface area contributed by atoms with Gasteiger partial charge in [-0.3, -0.25) is 0 Å². The minimum atomic E-state index is -1.49. The zero-order chi connectivity index (χ0) is 21.4. The molecular weight excluding hydrogens is 396 g/mol.